The summed E-state index contributed by atoms with van der Waals surface area (Å²) in [6, 6.07) is 15.3. The monoisotopic (exact) mass is 452 g/mol. The Balaban J connectivity index is 0.00000160. The van der Waals surface area contributed by atoms with Crippen LogP contribution in [0.1, 0.15) is 23.0 Å². The fourth-order valence-corrected chi connectivity index (χ4v) is 3.59. The van der Waals surface area contributed by atoms with E-state index in [1.807, 2.05) is 36.0 Å². The number of piperazine rings is 1. The van der Waals surface area contributed by atoms with Crippen molar-refractivity contribution in [1.29, 1.82) is 0 Å². The minimum atomic E-state index is -0.183. The van der Waals surface area contributed by atoms with Crippen LogP contribution in [0.25, 0.3) is 0 Å². The van der Waals surface area contributed by atoms with E-state index in [1.165, 1.54) is 11.6 Å². The van der Waals surface area contributed by atoms with E-state index in [0.717, 1.165) is 43.3 Å². The average molecular weight is 453 g/mol. The molecule has 1 fully saturated rings. The first-order valence-electron chi connectivity index (χ1n) is 9.57. The molecule has 1 aliphatic heterocycles. The zero-order valence-electron chi connectivity index (χ0n) is 16.8. The van der Waals surface area contributed by atoms with Crippen molar-refractivity contribution in [3.63, 3.8) is 0 Å². The Hall–Kier alpha value is -2.12. The number of nitrogens with one attached hydrogen (secondary N) is 1. The van der Waals surface area contributed by atoms with E-state index in [4.69, 9.17) is 4.74 Å². The predicted molar refractivity (Wildman–Crippen MR) is 121 cm³/mol. The third-order valence-electron chi connectivity index (χ3n) is 5.19. The first-order valence-corrected chi connectivity index (χ1v) is 9.57. The van der Waals surface area contributed by atoms with Gasteiger partial charge in [-0.3, -0.25) is 4.90 Å². The number of imidazole rings is 1. The molecule has 1 atom stereocenters. The summed E-state index contributed by atoms with van der Waals surface area (Å²) in [5, 5.41) is 3.42. The number of ether oxygens (including phenoxy) is 1. The molecule has 0 saturated carbocycles. The van der Waals surface area contributed by atoms with Crippen LogP contribution in [0.15, 0.2) is 60.9 Å². The molecule has 0 spiro atoms. The maximum atomic E-state index is 13.7. The predicted octanol–water partition coefficient (Wildman–Crippen LogP) is 4.13. The highest BCUT2D eigenvalue weighted by molar-refractivity contribution is 5.85. The summed E-state index contributed by atoms with van der Waals surface area (Å²) < 4.78 is 21.4. The minimum Gasteiger partial charge on any atom is -0.486 e. The summed E-state index contributed by atoms with van der Waals surface area (Å²) in [5.41, 5.74) is 2.23. The van der Waals surface area contributed by atoms with Gasteiger partial charge in [0.15, 0.2) is 0 Å². The number of halogens is 3. The molecule has 0 bridgehead atoms. The second-order valence-electron chi connectivity index (χ2n) is 7.13. The van der Waals surface area contributed by atoms with Gasteiger partial charge in [-0.05, 0) is 35.4 Å². The quantitative estimate of drug-likeness (QED) is 0.610. The van der Waals surface area contributed by atoms with Crippen LogP contribution in [0.3, 0.4) is 0 Å². The van der Waals surface area contributed by atoms with E-state index in [9.17, 15) is 4.39 Å². The number of aromatic nitrogens is 2. The van der Waals surface area contributed by atoms with Gasteiger partial charge >= 0.3 is 0 Å². The van der Waals surface area contributed by atoms with Gasteiger partial charge in [0.05, 0.1) is 0 Å². The molecule has 0 radical (unpaired) electrons. The molecule has 30 heavy (non-hydrogen) atoms. The van der Waals surface area contributed by atoms with Crippen LogP contribution in [0.4, 0.5) is 4.39 Å². The topological polar surface area (TPSA) is 42.3 Å². The van der Waals surface area contributed by atoms with Crippen molar-refractivity contribution in [3.05, 3.63) is 83.7 Å². The Morgan fingerprint density at radius 1 is 1.17 bits per heavy atom. The molecule has 0 aliphatic carbocycles. The third kappa shape index (κ3) is 5.95. The maximum absolute atomic E-state index is 13.7. The van der Waals surface area contributed by atoms with Gasteiger partial charge in [0, 0.05) is 51.7 Å². The fraction of sp³-hybridized carbons (Fsp3) is 0.318. The van der Waals surface area contributed by atoms with Crippen molar-refractivity contribution in [2.75, 3.05) is 19.6 Å². The molecule has 0 amide bonds. The van der Waals surface area contributed by atoms with Gasteiger partial charge in [-0.15, -0.1) is 24.8 Å². The van der Waals surface area contributed by atoms with Crippen LogP contribution in [0, 0.1) is 5.82 Å². The van der Waals surface area contributed by atoms with E-state index >= 15 is 0 Å². The van der Waals surface area contributed by atoms with Gasteiger partial charge < -0.3 is 14.6 Å². The summed E-state index contributed by atoms with van der Waals surface area (Å²) in [6.45, 7) is 3.97. The molecular weight excluding hydrogens is 426 g/mol. The molecule has 2 heterocycles. The van der Waals surface area contributed by atoms with E-state index in [1.54, 1.807) is 18.3 Å². The number of rotatable bonds is 6. The van der Waals surface area contributed by atoms with Crippen molar-refractivity contribution in [3.8, 4) is 5.75 Å². The minimum absolute atomic E-state index is 0. The fourth-order valence-electron chi connectivity index (χ4n) is 3.59. The Bertz CT molecular complexity index is 920. The standard InChI is InChI=1S/C22H25FN4O.2ClH/c1-26-11-10-25-22(26)16-28-20-7-5-17(6-8-20)15-27-12-9-24-14-21(27)18-3-2-4-19(23)13-18;;/h2-8,10-11,13,21,24H,9,12,14-16H2,1H3;2*1H. The van der Waals surface area contributed by atoms with Crippen molar-refractivity contribution in [2.45, 2.75) is 19.2 Å². The van der Waals surface area contributed by atoms with E-state index in [-0.39, 0.29) is 36.7 Å². The van der Waals surface area contributed by atoms with Crippen LogP contribution >= 0.6 is 24.8 Å². The van der Waals surface area contributed by atoms with E-state index in [2.05, 4.69) is 27.3 Å². The van der Waals surface area contributed by atoms with Crippen molar-refractivity contribution >= 4 is 24.8 Å². The summed E-state index contributed by atoms with van der Waals surface area (Å²) in [4.78, 5) is 6.67. The van der Waals surface area contributed by atoms with E-state index < -0.39 is 0 Å². The van der Waals surface area contributed by atoms with Crippen molar-refractivity contribution < 1.29 is 9.13 Å². The summed E-state index contributed by atoms with van der Waals surface area (Å²) in [5.74, 6) is 1.54. The van der Waals surface area contributed by atoms with E-state index in [0.29, 0.717) is 6.61 Å². The maximum Gasteiger partial charge on any atom is 0.146 e. The van der Waals surface area contributed by atoms with Gasteiger partial charge in [-0.2, -0.15) is 0 Å². The van der Waals surface area contributed by atoms with Crippen LogP contribution < -0.4 is 10.1 Å². The lowest BCUT2D eigenvalue weighted by atomic mass is 10.0. The van der Waals surface area contributed by atoms with Gasteiger partial charge in [0.25, 0.3) is 0 Å². The number of nitrogens with zero attached hydrogens (tertiary/aromatic N) is 3. The summed E-state index contributed by atoms with van der Waals surface area (Å²) in [7, 11) is 1.96. The molecule has 8 heteroatoms. The molecule has 1 unspecified atom stereocenters. The molecule has 162 valence electrons. The van der Waals surface area contributed by atoms with Gasteiger partial charge in [0.2, 0.25) is 0 Å². The molecule has 1 aliphatic rings. The number of hydrogen-bond acceptors (Lipinski definition) is 4. The van der Waals surface area contributed by atoms with Crippen LogP contribution in [0.5, 0.6) is 5.75 Å². The molecule has 1 aromatic heterocycles. The summed E-state index contributed by atoms with van der Waals surface area (Å²) >= 11 is 0. The highest BCUT2D eigenvalue weighted by atomic mass is 35.5. The number of hydrogen-bond donors (Lipinski definition) is 1. The lowest BCUT2D eigenvalue weighted by Gasteiger charge is -2.36. The Labute approximate surface area is 189 Å². The highest BCUT2D eigenvalue weighted by Gasteiger charge is 2.24. The lowest BCUT2D eigenvalue weighted by Crippen LogP contribution is -2.45. The average Bonchev–Trinajstić information content (AvgIpc) is 3.13. The van der Waals surface area contributed by atoms with Gasteiger partial charge in [-0.1, -0.05) is 24.3 Å². The zero-order chi connectivity index (χ0) is 19.3. The number of aryl methyl sites for hydroxylation is 1. The largest absolute Gasteiger partial charge is 0.486 e. The molecule has 2 aromatic carbocycles. The molecule has 1 N–H and O–H groups in total. The Kier molecular flexibility index (Phi) is 9.11. The zero-order valence-corrected chi connectivity index (χ0v) is 18.5. The van der Waals surface area contributed by atoms with Crippen molar-refractivity contribution in [2.24, 2.45) is 7.05 Å². The van der Waals surface area contributed by atoms with Crippen molar-refractivity contribution in [1.82, 2.24) is 19.8 Å². The highest BCUT2D eigenvalue weighted by Crippen LogP contribution is 2.25. The number of benzene rings is 2. The van der Waals surface area contributed by atoms with Crippen LogP contribution in [-0.4, -0.2) is 34.1 Å². The smallest absolute Gasteiger partial charge is 0.146 e. The second-order valence-corrected chi connectivity index (χ2v) is 7.13. The first-order chi connectivity index (χ1) is 13.7. The molecular formula is C22H27Cl2FN4O. The third-order valence-corrected chi connectivity index (χ3v) is 5.19. The van der Waals surface area contributed by atoms with Crippen LogP contribution in [0.2, 0.25) is 0 Å². The SMILES string of the molecule is Cl.Cl.Cn1ccnc1COc1ccc(CN2CCNCC2c2cccc(F)c2)cc1. The Morgan fingerprint density at radius 3 is 2.67 bits per heavy atom. The lowest BCUT2D eigenvalue weighted by molar-refractivity contribution is 0.153. The molecule has 1 saturated heterocycles. The molecule has 5 nitrogen and oxygen atoms in total. The normalized spacial score (nSPS) is 16.4. The first kappa shape index (κ1) is 24.2. The second kappa shape index (κ2) is 11.3. The Morgan fingerprint density at radius 2 is 1.97 bits per heavy atom. The van der Waals surface area contributed by atoms with Gasteiger partial charge in [-0.25, -0.2) is 9.37 Å². The molecule has 3 aromatic rings. The van der Waals surface area contributed by atoms with Gasteiger partial charge in [0.1, 0.15) is 24.0 Å². The summed E-state index contributed by atoms with van der Waals surface area (Å²) in [6.07, 6.45) is 3.68. The molecule has 4 rings (SSSR count). The van der Waals surface area contributed by atoms with Crippen LogP contribution in [-0.2, 0) is 20.2 Å².